The number of fused-ring (bicyclic) bond motifs is 1. The van der Waals surface area contributed by atoms with Gasteiger partial charge in [-0.2, -0.15) is 4.98 Å². The molecular weight excluding hydrogens is 460 g/mol. The molecule has 0 atom stereocenters. The smallest absolute Gasteiger partial charge is 0.304 e. The van der Waals surface area contributed by atoms with E-state index in [4.69, 9.17) is 11.6 Å². The van der Waals surface area contributed by atoms with Crippen molar-refractivity contribution in [3.05, 3.63) is 134 Å². The van der Waals surface area contributed by atoms with E-state index < -0.39 is 0 Å². The van der Waals surface area contributed by atoms with Crippen molar-refractivity contribution in [2.75, 3.05) is 0 Å². The maximum Gasteiger partial charge on any atom is 0.332 e. The molecule has 5 rings (SSSR count). The van der Waals surface area contributed by atoms with E-state index >= 15 is 0 Å². The van der Waals surface area contributed by atoms with Gasteiger partial charge in [-0.15, -0.1) is 0 Å². The highest BCUT2D eigenvalue weighted by Crippen LogP contribution is 2.19. The lowest BCUT2D eigenvalue weighted by Crippen LogP contribution is -2.41. The molecule has 2 aromatic heterocycles. The van der Waals surface area contributed by atoms with Crippen molar-refractivity contribution >= 4 is 22.8 Å². The molecule has 6 nitrogen and oxygen atoms in total. The number of hydrogen-bond acceptors (Lipinski definition) is 3. The number of rotatable bonds is 8. The zero-order chi connectivity index (χ0) is 24.2. The molecule has 0 N–H and O–H groups in total. The van der Waals surface area contributed by atoms with Gasteiger partial charge in [0.1, 0.15) is 0 Å². The van der Waals surface area contributed by atoms with Crippen LogP contribution in [0.2, 0.25) is 5.28 Å². The lowest BCUT2D eigenvalue weighted by Gasteiger charge is -2.13. The van der Waals surface area contributed by atoms with Gasteiger partial charge in [0, 0.05) is 13.1 Å². The van der Waals surface area contributed by atoms with Crippen molar-refractivity contribution in [2.24, 2.45) is 0 Å². The molecule has 176 valence electrons. The van der Waals surface area contributed by atoms with Crippen LogP contribution in [-0.4, -0.2) is 18.7 Å². The zero-order valence-corrected chi connectivity index (χ0v) is 19.9. The first-order valence-corrected chi connectivity index (χ1v) is 12.0. The minimum atomic E-state index is -0.368. The lowest BCUT2D eigenvalue weighted by molar-refractivity contribution is 0.564. The van der Waals surface area contributed by atoms with Crippen LogP contribution in [0.25, 0.3) is 11.2 Å². The van der Waals surface area contributed by atoms with E-state index in [2.05, 4.69) is 4.98 Å². The van der Waals surface area contributed by atoms with Gasteiger partial charge in [-0.1, -0.05) is 91.0 Å². The molecule has 5 aromatic rings. The molecule has 7 heteroatoms. The summed E-state index contributed by atoms with van der Waals surface area (Å²) in [5.41, 5.74) is 3.09. The molecule has 0 aliphatic rings. The standard InChI is InChI=1S/C28H25ClN4O2/c29-27-30-25-24(33(27)20-23-14-8-3-9-15-23)26(34)32(19-17-22-12-6-2-7-13-22)28(35)31(25)18-16-21-10-4-1-5-11-21/h1-15H,16-20H2. The van der Waals surface area contributed by atoms with Crippen molar-refractivity contribution in [3.63, 3.8) is 0 Å². The van der Waals surface area contributed by atoms with Gasteiger partial charge >= 0.3 is 5.69 Å². The quantitative estimate of drug-likeness (QED) is 0.304. The molecule has 0 bridgehead atoms. The van der Waals surface area contributed by atoms with Crippen molar-refractivity contribution in [3.8, 4) is 0 Å². The topological polar surface area (TPSA) is 61.8 Å². The molecule has 0 spiro atoms. The SMILES string of the molecule is O=c1c2c(nc(Cl)n2Cc2ccccc2)n(CCc2ccccc2)c(=O)n1CCc1ccccc1. The van der Waals surface area contributed by atoms with Crippen LogP contribution in [0, 0.1) is 0 Å². The third kappa shape index (κ3) is 4.84. The molecule has 35 heavy (non-hydrogen) atoms. The van der Waals surface area contributed by atoms with Crippen molar-refractivity contribution in [2.45, 2.75) is 32.5 Å². The van der Waals surface area contributed by atoms with Gasteiger partial charge < -0.3 is 4.57 Å². The predicted octanol–water partition coefficient (Wildman–Crippen LogP) is 4.55. The Hall–Kier alpha value is -3.90. The van der Waals surface area contributed by atoms with Crippen molar-refractivity contribution in [1.29, 1.82) is 0 Å². The summed E-state index contributed by atoms with van der Waals surface area (Å²) < 4.78 is 4.61. The van der Waals surface area contributed by atoms with E-state index in [-0.39, 0.29) is 23.1 Å². The van der Waals surface area contributed by atoms with Gasteiger partial charge in [0.15, 0.2) is 11.2 Å². The van der Waals surface area contributed by atoms with Gasteiger partial charge in [-0.3, -0.25) is 13.9 Å². The number of benzene rings is 3. The maximum atomic E-state index is 13.7. The number of nitrogens with zero attached hydrogens (tertiary/aromatic N) is 4. The maximum absolute atomic E-state index is 13.7. The Labute approximate surface area is 207 Å². The molecule has 2 heterocycles. The number of aromatic nitrogens is 4. The van der Waals surface area contributed by atoms with Crippen LogP contribution in [0.4, 0.5) is 0 Å². The van der Waals surface area contributed by atoms with Crippen molar-refractivity contribution in [1.82, 2.24) is 18.7 Å². The molecule has 0 aliphatic carbocycles. The van der Waals surface area contributed by atoms with E-state index in [0.29, 0.717) is 37.1 Å². The summed E-state index contributed by atoms with van der Waals surface area (Å²) >= 11 is 6.54. The lowest BCUT2D eigenvalue weighted by atomic mass is 10.1. The summed E-state index contributed by atoms with van der Waals surface area (Å²) in [5.74, 6) is 0. The van der Waals surface area contributed by atoms with E-state index in [9.17, 15) is 9.59 Å². The van der Waals surface area contributed by atoms with Crippen LogP contribution in [0.5, 0.6) is 0 Å². The summed E-state index contributed by atoms with van der Waals surface area (Å²) in [6.45, 7) is 1.06. The second-order valence-corrected chi connectivity index (χ2v) is 8.83. The monoisotopic (exact) mass is 484 g/mol. The highest BCUT2D eigenvalue weighted by molar-refractivity contribution is 6.29. The molecule has 0 amide bonds. The Balaban J connectivity index is 1.62. The highest BCUT2D eigenvalue weighted by Gasteiger charge is 2.21. The molecular formula is C28H25ClN4O2. The molecule has 3 aromatic carbocycles. The Kier molecular flexibility index (Phi) is 6.64. The summed E-state index contributed by atoms with van der Waals surface area (Å²) in [6, 6.07) is 29.6. The third-order valence-electron chi connectivity index (χ3n) is 6.19. The summed E-state index contributed by atoms with van der Waals surface area (Å²) in [4.78, 5) is 31.7. The molecule has 0 unspecified atom stereocenters. The van der Waals surface area contributed by atoms with E-state index in [1.807, 2.05) is 91.0 Å². The number of hydrogen-bond donors (Lipinski definition) is 0. The van der Waals surface area contributed by atoms with Gasteiger partial charge in [-0.05, 0) is 41.1 Å². The molecule has 0 saturated carbocycles. The Morgan fingerprint density at radius 3 is 1.66 bits per heavy atom. The summed E-state index contributed by atoms with van der Waals surface area (Å²) in [7, 11) is 0. The van der Waals surface area contributed by atoms with Crippen LogP contribution >= 0.6 is 11.6 Å². The second-order valence-electron chi connectivity index (χ2n) is 8.49. The molecule has 0 fully saturated rings. The van der Waals surface area contributed by atoms with Crippen LogP contribution in [0.1, 0.15) is 16.7 Å². The minimum Gasteiger partial charge on any atom is -0.304 e. The first kappa shape index (κ1) is 22.9. The van der Waals surface area contributed by atoms with E-state index in [1.165, 1.54) is 4.57 Å². The molecule has 0 saturated heterocycles. The summed E-state index contributed by atoms with van der Waals surface area (Å²) in [6.07, 6.45) is 1.20. The fraction of sp³-hybridized carbons (Fsp3) is 0.179. The van der Waals surface area contributed by atoms with Crippen LogP contribution in [-0.2, 0) is 32.5 Å². The average Bonchev–Trinajstić information content (AvgIpc) is 3.21. The Bertz CT molecular complexity index is 1560. The average molecular weight is 485 g/mol. The number of imidazole rings is 1. The third-order valence-corrected chi connectivity index (χ3v) is 6.47. The normalized spacial score (nSPS) is 11.2. The van der Waals surface area contributed by atoms with Gasteiger partial charge in [0.25, 0.3) is 5.56 Å². The largest absolute Gasteiger partial charge is 0.332 e. The highest BCUT2D eigenvalue weighted by atomic mass is 35.5. The fourth-order valence-electron chi connectivity index (χ4n) is 4.34. The Morgan fingerprint density at radius 2 is 1.11 bits per heavy atom. The number of halogens is 1. The van der Waals surface area contributed by atoms with Gasteiger partial charge in [-0.25, -0.2) is 4.79 Å². The van der Waals surface area contributed by atoms with Crippen LogP contribution in [0.3, 0.4) is 0 Å². The summed E-state index contributed by atoms with van der Waals surface area (Å²) in [5, 5.41) is 0.189. The Morgan fingerprint density at radius 1 is 0.629 bits per heavy atom. The minimum absolute atomic E-state index is 0.189. The van der Waals surface area contributed by atoms with Gasteiger partial charge in [0.05, 0.1) is 6.54 Å². The van der Waals surface area contributed by atoms with Crippen LogP contribution < -0.4 is 11.2 Å². The second kappa shape index (κ2) is 10.2. The predicted molar refractivity (Wildman–Crippen MR) is 139 cm³/mol. The zero-order valence-electron chi connectivity index (χ0n) is 19.2. The van der Waals surface area contributed by atoms with E-state index in [0.717, 1.165) is 16.7 Å². The van der Waals surface area contributed by atoms with Crippen LogP contribution in [0.15, 0.2) is 101 Å². The first-order chi connectivity index (χ1) is 17.1. The van der Waals surface area contributed by atoms with Crippen molar-refractivity contribution < 1.29 is 0 Å². The molecule has 0 radical (unpaired) electrons. The molecule has 0 aliphatic heterocycles. The van der Waals surface area contributed by atoms with Gasteiger partial charge in [0.2, 0.25) is 5.28 Å². The fourth-order valence-corrected chi connectivity index (χ4v) is 4.57. The van der Waals surface area contributed by atoms with E-state index in [1.54, 1.807) is 9.13 Å². The first-order valence-electron chi connectivity index (χ1n) is 11.6. The number of aryl methyl sites for hydroxylation is 3.